The maximum atomic E-state index is 12.2. The standard InChI is InChI=1S/C18H20ClN3O2/c1-11-7-14(22(3)4)5-6-15(11)21-16-8-13(9-24-10-20)18(23)17(19)12(16)2/h5-8,10,20H,9H2,1-4H3. The molecule has 126 valence electrons. The van der Waals surface area contributed by atoms with Crippen molar-refractivity contribution in [2.45, 2.75) is 13.8 Å². The molecular weight excluding hydrogens is 326 g/mol. The van der Waals surface area contributed by atoms with Crippen LogP contribution < -0.4 is 4.90 Å². The molecule has 0 radical (unpaired) electrons. The Morgan fingerprint density at radius 2 is 2.04 bits per heavy atom. The minimum absolute atomic E-state index is 0.00338. The number of anilines is 1. The highest BCUT2D eigenvalue weighted by atomic mass is 35.5. The Hall–Kier alpha value is -2.40. The molecule has 6 heteroatoms. The molecule has 0 atom stereocenters. The smallest absolute Gasteiger partial charge is 0.204 e. The van der Waals surface area contributed by atoms with Crippen molar-refractivity contribution in [3.05, 3.63) is 46.0 Å². The van der Waals surface area contributed by atoms with E-state index in [2.05, 4.69) is 11.1 Å². The number of aliphatic imine (C=N–C) groups is 1. The molecule has 1 aliphatic rings. The first-order valence-electron chi connectivity index (χ1n) is 7.44. The SMILES string of the molecule is CC1=C(Cl)C(=O)C(COC=N)=CC1=Nc1ccc(N(C)C)cc1C. The number of Topliss-reactive ketones (excluding diaryl/α,β-unsaturated/α-hetero) is 1. The molecule has 0 saturated heterocycles. The van der Waals surface area contributed by atoms with Gasteiger partial charge in [-0.25, -0.2) is 4.99 Å². The Labute approximate surface area is 146 Å². The predicted octanol–water partition coefficient (Wildman–Crippen LogP) is 3.78. The van der Waals surface area contributed by atoms with Crippen molar-refractivity contribution in [2.24, 2.45) is 4.99 Å². The van der Waals surface area contributed by atoms with Crippen LogP contribution in [-0.2, 0) is 9.53 Å². The fourth-order valence-electron chi connectivity index (χ4n) is 2.29. The van der Waals surface area contributed by atoms with Crippen molar-refractivity contribution < 1.29 is 9.53 Å². The number of ether oxygens (including phenoxy) is 1. The molecule has 0 unspecified atom stereocenters. The fourth-order valence-corrected chi connectivity index (χ4v) is 2.51. The number of aryl methyl sites for hydroxylation is 1. The summed E-state index contributed by atoms with van der Waals surface area (Å²) in [7, 11) is 3.97. The van der Waals surface area contributed by atoms with E-state index in [-0.39, 0.29) is 17.4 Å². The van der Waals surface area contributed by atoms with Crippen LogP contribution in [-0.4, -0.2) is 38.6 Å². The molecule has 0 amide bonds. The molecule has 0 bridgehead atoms. The fraction of sp³-hybridized carbons (Fsp3) is 0.278. The normalized spacial score (nSPS) is 16.3. The number of allylic oxidation sites excluding steroid dienone is 3. The minimum Gasteiger partial charge on any atom is -0.479 e. The van der Waals surface area contributed by atoms with Crippen molar-refractivity contribution in [3.8, 4) is 0 Å². The van der Waals surface area contributed by atoms with E-state index < -0.39 is 0 Å². The van der Waals surface area contributed by atoms with Crippen molar-refractivity contribution in [1.82, 2.24) is 0 Å². The van der Waals surface area contributed by atoms with E-state index in [1.54, 1.807) is 13.0 Å². The van der Waals surface area contributed by atoms with Gasteiger partial charge in [-0.1, -0.05) is 11.6 Å². The molecule has 0 fully saturated rings. The number of rotatable bonds is 5. The van der Waals surface area contributed by atoms with E-state index in [9.17, 15) is 4.79 Å². The zero-order valence-electron chi connectivity index (χ0n) is 14.2. The van der Waals surface area contributed by atoms with Gasteiger partial charge < -0.3 is 9.64 Å². The first-order valence-corrected chi connectivity index (χ1v) is 7.82. The molecule has 1 aliphatic carbocycles. The highest BCUT2D eigenvalue weighted by molar-refractivity contribution is 6.49. The number of nitrogens with one attached hydrogen (secondary N) is 1. The molecule has 2 rings (SSSR count). The van der Waals surface area contributed by atoms with Crippen LogP contribution in [0.4, 0.5) is 11.4 Å². The Morgan fingerprint density at radius 3 is 2.62 bits per heavy atom. The van der Waals surface area contributed by atoms with E-state index in [4.69, 9.17) is 21.7 Å². The Bertz CT molecular complexity index is 776. The number of hydrogen-bond donors (Lipinski definition) is 1. The number of carbonyl (C=O) groups excluding carboxylic acids is 1. The zero-order chi connectivity index (χ0) is 17.9. The van der Waals surface area contributed by atoms with E-state index >= 15 is 0 Å². The molecule has 0 aliphatic heterocycles. The van der Waals surface area contributed by atoms with Gasteiger partial charge in [-0.05, 0) is 49.3 Å². The average Bonchev–Trinajstić information content (AvgIpc) is 2.55. The average molecular weight is 346 g/mol. The number of nitrogens with zero attached hydrogens (tertiary/aromatic N) is 2. The largest absolute Gasteiger partial charge is 0.479 e. The van der Waals surface area contributed by atoms with Crippen LogP contribution in [0.2, 0.25) is 0 Å². The van der Waals surface area contributed by atoms with Gasteiger partial charge in [0.25, 0.3) is 0 Å². The Balaban J connectivity index is 2.44. The van der Waals surface area contributed by atoms with E-state index in [1.165, 1.54) is 0 Å². The zero-order valence-corrected chi connectivity index (χ0v) is 14.9. The van der Waals surface area contributed by atoms with Crippen molar-refractivity contribution in [1.29, 1.82) is 5.41 Å². The molecule has 24 heavy (non-hydrogen) atoms. The Kier molecular flexibility index (Phi) is 5.57. The number of halogens is 1. The molecular formula is C18H20ClN3O2. The number of hydrogen-bond acceptors (Lipinski definition) is 5. The van der Waals surface area contributed by atoms with Crippen LogP contribution in [0.1, 0.15) is 12.5 Å². The maximum absolute atomic E-state index is 12.2. The summed E-state index contributed by atoms with van der Waals surface area (Å²) in [6.45, 7) is 3.76. The van der Waals surface area contributed by atoms with Gasteiger partial charge in [0.1, 0.15) is 6.61 Å². The van der Waals surface area contributed by atoms with Gasteiger partial charge >= 0.3 is 0 Å². The number of ketones is 1. The molecule has 1 aromatic rings. The van der Waals surface area contributed by atoms with Gasteiger partial charge in [-0.2, -0.15) is 0 Å². The number of carbonyl (C=O) groups is 1. The van der Waals surface area contributed by atoms with Crippen LogP contribution in [0, 0.1) is 12.3 Å². The summed E-state index contributed by atoms with van der Waals surface area (Å²) in [5.41, 5.74) is 4.59. The third-order valence-electron chi connectivity index (χ3n) is 3.78. The molecule has 1 aromatic carbocycles. The first kappa shape index (κ1) is 17.9. The summed E-state index contributed by atoms with van der Waals surface area (Å²) in [6, 6.07) is 5.98. The molecule has 0 aromatic heterocycles. The monoisotopic (exact) mass is 345 g/mol. The van der Waals surface area contributed by atoms with Crippen LogP contribution in [0.25, 0.3) is 0 Å². The third kappa shape index (κ3) is 3.74. The van der Waals surface area contributed by atoms with Gasteiger partial charge in [0, 0.05) is 25.4 Å². The topological polar surface area (TPSA) is 65.8 Å². The van der Waals surface area contributed by atoms with Crippen LogP contribution in [0.5, 0.6) is 0 Å². The lowest BCUT2D eigenvalue weighted by atomic mass is 9.97. The molecule has 0 saturated carbocycles. The first-order chi connectivity index (χ1) is 11.3. The lowest BCUT2D eigenvalue weighted by Crippen LogP contribution is -2.18. The van der Waals surface area contributed by atoms with Crippen LogP contribution >= 0.6 is 11.6 Å². The summed E-state index contributed by atoms with van der Waals surface area (Å²) >= 11 is 6.15. The lowest BCUT2D eigenvalue weighted by Gasteiger charge is -2.17. The van der Waals surface area contributed by atoms with Gasteiger partial charge in [0.2, 0.25) is 5.78 Å². The highest BCUT2D eigenvalue weighted by Gasteiger charge is 2.24. The molecule has 5 nitrogen and oxygen atoms in total. The van der Waals surface area contributed by atoms with Crippen LogP contribution in [0.3, 0.4) is 0 Å². The van der Waals surface area contributed by atoms with Gasteiger partial charge in [0.05, 0.1) is 16.4 Å². The summed E-state index contributed by atoms with van der Waals surface area (Å²) in [6.07, 6.45) is 2.47. The second-order valence-electron chi connectivity index (χ2n) is 5.73. The lowest BCUT2D eigenvalue weighted by molar-refractivity contribution is -0.112. The highest BCUT2D eigenvalue weighted by Crippen LogP contribution is 2.28. The van der Waals surface area contributed by atoms with E-state index in [1.807, 2.05) is 38.1 Å². The van der Waals surface area contributed by atoms with Gasteiger partial charge in [-0.15, -0.1) is 0 Å². The maximum Gasteiger partial charge on any atom is 0.204 e. The summed E-state index contributed by atoms with van der Waals surface area (Å²) < 4.78 is 4.90. The van der Waals surface area contributed by atoms with Crippen molar-refractivity contribution >= 4 is 40.9 Å². The Morgan fingerprint density at radius 1 is 1.33 bits per heavy atom. The van der Waals surface area contributed by atoms with Gasteiger partial charge in [0.15, 0.2) is 6.40 Å². The predicted molar refractivity (Wildman–Crippen MR) is 99.0 cm³/mol. The van der Waals surface area contributed by atoms with Crippen LogP contribution in [0.15, 0.2) is 45.4 Å². The summed E-state index contributed by atoms with van der Waals surface area (Å²) in [5.74, 6) is -0.283. The van der Waals surface area contributed by atoms with E-state index in [0.717, 1.165) is 23.3 Å². The van der Waals surface area contributed by atoms with Crippen molar-refractivity contribution in [3.63, 3.8) is 0 Å². The second kappa shape index (κ2) is 7.45. The molecule has 0 spiro atoms. The quantitative estimate of drug-likeness (QED) is 0.501. The van der Waals surface area contributed by atoms with Gasteiger partial charge in [-0.3, -0.25) is 10.2 Å². The van der Waals surface area contributed by atoms with Crippen molar-refractivity contribution in [2.75, 3.05) is 25.6 Å². The third-order valence-corrected chi connectivity index (χ3v) is 4.23. The van der Waals surface area contributed by atoms with E-state index in [0.29, 0.717) is 16.9 Å². The molecule has 1 N–H and O–H groups in total. The summed E-state index contributed by atoms with van der Waals surface area (Å²) in [5, 5.41) is 7.07. The number of benzene rings is 1. The second-order valence-corrected chi connectivity index (χ2v) is 6.11. The molecule has 0 heterocycles. The minimum atomic E-state index is -0.283. The summed E-state index contributed by atoms with van der Waals surface area (Å²) in [4.78, 5) is 18.8.